The lowest BCUT2D eigenvalue weighted by atomic mass is 10.0. The van der Waals surface area contributed by atoms with Gasteiger partial charge in [0.15, 0.2) is 0 Å². The Morgan fingerprint density at radius 1 is 1.19 bits per heavy atom. The van der Waals surface area contributed by atoms with Gasteiger partial charge in [-0.1, -0.05) is 18.2 Å². The molecule has 2 aromatic rings. The van der Waals surface area contributed by atoms with Crippen molar-refractivity contribution in [2.24, 2.45) is 0 Å². The number of nitrogens with zero attached hydrogens (tertiary/aromatic N) is 1. The van der Waals surface area contributed by atoms with Crippen LogP contribution in [0.2, 0.25) is 0 Å². The number of fused-ring (bicyclic) bond motifs is 1. The van der Waals surface area contributed by atoms with Crippen LogP contribution in [0.25, 0.3) is 0 Å². The van der Waals surface area contributed by atoms with E-state index in [2.05, 4.69) is 16.1 Å². The minimum absolute atomic E-state index is 0.0388. The van der Waals surface area contributed by atoms with E-state index in [1.807, 2.05) is 6.07 Å². The fourth-order valence-electron chi connectivity index (χ4n) is 2.87. The summed E-state index contributed by atoms with van der Waals surface area (Å²) in [7, 11) is 0. The van der Waals surface area contributed by atoms with E-state index in [1.54, 1.807) is 29.2 Å². The second-order valence-corrected chi connectivity index (χ2v) is 6.85. The maximum Gasteiger partial charge on any atom is 0.454 e. The van der Waals surface area contributed by atoms with Gasteiger partial charge in [0.05, 0.1) is 12.1 Å². The van der Waals surface area contributed by atoms with Gasteiger partial charge in [-0.05, 0) is 24.1 Å². The van der Waals surface area contributed by atoms with Crippen LogP contribution in [-0.4, -0.2) is 40.3 Å². The molecular formula is C17H16N3O6S+. The lowest BCUT2D eigenvalue weighted by molar-refractivity contribution is -0.655. The van der Waals surface area contributed by atoms with E-state index in [0.717, 1.165) is 11.3 Å². The fraction of sp³-hybridized carbons (Fsp3) is 0.176. The van der Waals surface area contributed by atoms with E-state index in [0.29, 0.717) is 29.0 Å². The molecule has 140 valence electrons. The van der Waals surface area contributed by atoms with Gasteiger partial charge in [-0.2, -0.15) is 5.90 Å². The van der Waals surface area contributed by atoms with Gasteiger partial charge >= 0.3 is 17.8 Å². The molecule has 0 fully saturated rings. The van der Waals surface area contributed by atoms with Gasteiger partial charge in [-0.3, -0.25) is 14.4 Å². The van der Waals surface area contributed by atoms with E-state index in [-0.39, 0.29) is 23.0 Å². The summed E-state index contributed by atoms with van der Waals surface area (Å²) in [6.07, 6.45) is 0.335. The van der Waals surface area contributed by atoms with Crippen molar-refractivity contribution >= 4 is 40.1 Å². The number of carbonyl (C=O) groups is 4. The molecule has 1 aliphatic heterocycles. The van der Waals surface area contributed by atoms with E-state index in [9.17, 15) is 24.3 Å². The van der Waals surface area contributed by atoms with Gasteiger partial charge in [0.2, 0.25) is 0 Å². The lowest BCUT2D eigenvalue weighted by Gasteiger charge is -2.27. The average Bonchev–Trinajstić information content (AvgIpc) is 3.04. The zero-order chi connectivity index (χ0) is 19.6. The molecular weight excluding hydrogens is 374 g/mol. The summed E-state index contributed by atoms with van der Waals surface area (Å²) < 4.78 is 0. The number of carbonyl (C=O) groups excluding carboxylic acids is 3. The fourth-order valence-corrected chi connectivity index (χ4v) is 4.12. The highest BCUT2D eigenvalue weighted by molar-refractivity contribution is 7.17. The first kappa shape index (κ1) is 18.5. The minimum atomic E-state index is -1.22. The Morgan fingerprint density at radius 2 is 1.89 bits per heavy atom. The molecule has 3 rings (SSSR count). The topological polar surface area (TPSA) is 141 Å². The van der Waals surface area contributed by atoms with Crippen molar-refractivity contribution in [2.75, 3.05) is 11.9 Å². The Bertz CT molecular complexity index is 924. The van der Waals surface area contributed by atoms with Crippen LogP contribution < -0.4 is 11.2 Å². The number of amides is 2. The standard InChI is InChI=1S/C17H15N3O6S/c18-26-17(25)13(21)19-14-12(16(23)24)10-6-7-20(8-11(10)27-14)15(22)9-4-2-1-3-5-9/h1-5H,6-8H2,18H3,(H-,19,21,23,24)/p+1. The molecule has 0 atom stereocenters. The van der Waals surface area contributed by atoms with Gasteiger partial charge in [-0.25, -0.2) is 9.59 Å². The molecule has 0 saturated heterocycles. The first-order valence-electron chi connectivity index (χ1n) is 7.92. The number of nitrogens with one attached hydrogen (secondary N) is 1. The SMILES string of the molecule is [NH3+]OC(=O)C(=O)Nc1sc2c(c1C(=O)O)CCN(C(=O)c1ccccc1)C2. The summed E-state index contributed by atoms with van der Waals surface area (Å²) in [5.41, 5.74) is 1.04. The third-order valence-corrected chi connectivity index (χ3v) is 5.25. The molecule has 0 spiro atoms. The third kappa shape index (κ3) is 3.66. The summed E-state index contributed by atoms with van der Waals surface area (Å²) >= 11 is 1.03. The Labute approximate surface area is 157 Å². The third-order valence-electron chi connectivity index (χ3n) is 4.12. The molecule has 2 amide bonds. The zero-order valence-electron chi connectivity index (χ0n) is 14.1. The van der Waals surface area contributed by atoms with Crippen molar-refractivity contribution in [3.8, 4) is 0 Å². The maximum atomic E-state index is 12.6. The van der Waals surface area contributed by atoms with Crippen LogP contribution in [0.5, 0.6) is 0 Å². The molecule has 1 aromatic carbocycles. The summed E-state index contributed by atoms with van der Waals surface area (Å²) in [4.78, 5) is 53.6. The molecule has 5 N–H and O–H groups in total. The maximum absolute atomic E-state index is 12.6. The van der Waals surface area contributed by atoms with Gasteiger partial charge in [0.25, 0.3) is 5.91 Å². The molecule has 1 aromatic heterocycles. The molecule has 0 bridgehead atoms. The molecule has 10 heteroatoms. The molecule has 2 heterocycles. The van der Waals surface area contributed by atoms with Crippen LogP contribution in [-0.2, 0) is 27.4 Å². The number of carboxylic acid groups (broad SMARTS) is 1. The van der Waals surface area contributed by atoms with Crippen LogP contribution in [0.15, 0.2) is 30.3 Å². The summed E-state index contributed by atoms with van der Waals surface area (Å²) in [6.45, 7) is 0.579. The largest absolute Gasteiger partial charge is 0.478 e. The average molecular weight is 390 g/mol. The predicted octanol–water partition coefficient (Wildman–Crippen LogP) is 0.283. The molecule has 0 unspecified atom stereocenters. The van der Waals surface area contributed by atoms with Crippen molar-refractivity contribution in [2.45, 2.75) is 13.0 Å². The minimum Gasteiger partial charge on any atom is -0.478 e. The molecule has 0 saturated carbocycles. The lowest BCUT2D eigenvalue weighted by Crippen LogP contribution is -2.53. The van der Waals surface area contributed by atoms with Crippen molar-refractivity contribution in [3.63, 3.8) is 0 Å². The highest BCUT2D eigenvalue weighted by Crippen LogP contribution is 2.37. The zero-order valence-corrected chi connectivity index (χ0v) is 14.9. The van der Waals surface area contributed by atoms with Gasteiger partial charge in [0, 0.05) is 17.0 Å². The van der Waals surface area contributed by atoms with Crippen molar-refractivity contribution in [1.82, 2.24) is 4.90 Å². The van der Waals surface area contributed by atoms with Gasteiger partial charge in [0.1, 0.15) is 5.00 Å². The van der Waals surface area contributed by atoms with E-state index in [4.69, 9.17) is 0 Å². The summed E-state index contributed by atoms with van der Waals surface area (Å²) in [5.74, 6) is -0.839. The predicted molar refractivity (Wildman–Crippen MR) is 93.8 cm³/mol. The van der Waals surface area contributed by atoms with Gasteiger partial charge in [-0.15, -0.1) is 11.3 Å². The van der Waals surface area contributed by atoms with Gasteiger partial charge < -0.3 is 15.3 Å². The van der Waals surface area contributed by atoms with Crippen LogP contribution in [0.3, 0.4) is 0 Å². The number of hydrogen-bond acceptors (Lipinski definition) is 6. The van der Waals surface area contributed by atoms with E-state index >= 15 is 0 Å². The van der Waals surface area contributed by atoms with E-state index in [1.165, 1.54) is 0 Å². The van der Waals surface area contributed by atoms with Crippen molar-refractivity contribution in [3.05, 3.63) is 51.9 Å². The number of benzene rings is 1. The Hall–Kier alpha value is -3.24. The number of rotatable bonds is 3. The van der Waals surface area contributed by atoms with Crippen LogP contribution in [0.4, 0.5) is 5.00 Å². The smallest absolute Gasteiger partial charge is 0.454 e. The monoisotopic (exact) mass is 390 g/mol. The summed E-state index contributed by atoms with van der Waals surface area (Å²) in [6, 6.07) is 8.78. The molecule has 1 aliphatic rings. The van der Waals surface area contributed by atoms with Crippen LogP contribution >= 0.6 is 11.3 Å². The number of quaternary nitrogens is 1. The molecule has 0 radical (unpaired) electrons. The number of carboxylic acids is 1. The Morgan fingerprint density at radius 3 is 2.52 bits per heavy atom. The quantitative estimate of drug-likeness (QED) is 0.508. The number of hydrogen-bond donors (Lipinski definition) is 3. The molecule has 9 nitrogen and oxygen atoms in total. The number of thiophene rings is 1. The highest BCUT2D eigenvalue weighted by Gasteiger charge is 2.31. The van der Waals surface area contributed by atoms with Crippen molar-refractivity contribution in [1.29, 1.82) is 0 Å². The second kappa shape index (κ2) is 7.56. The second-order valence-electron chi connectivity index (χ2n) is 5.74. The Balaban J connectivity index is 1.87. The highest BCUT2D eigenvalue weighted by atomic mass is 32.1. The first-order valence-corrected chi connectivity index (χ1v) is 8.73. The van der Waals surface area contributed by atoms with E-state index < -0.39 is 17.8 Å². The number of anilines is 1. The first-order chi connectivity index (χ1) is 12.9. The van der Waals surface area contributed by atoms with Crippen LogP contribution in [0, 0.1) is 0 Å². The molecule has 27 heavy (non-hydrogen) atoms. The number of aromatic carboxylic acids is 1. The van der Waals surface area contributed by atoms with Crippen molar-refractivity contribution < 1.29 is 35.0 Å². The molecule has 0 aliphatic carbocycles. The normalized spacial score (nSPS) is 12.9. The Kier molecular flexibility index (Phi) is 5.19. The van der Waals surface area contributed by atoms with Crippen LogP contribution in [0.1, 0.15) is 31.2 Å². The summed E-state index contributed by atoms with van der Waals surface area (Å²) in [5, 5.41) is 11.8.